The molecule has 20 heavy (non-hydrogen) atoms. The molecule has 0 aromatic heterocycles. The van der Waals surface area contributed by atoms with Crippen LogP contribution in [0.2, 0.25) is 5.02 Å². The van der Waals surface area contributed by atoms with Gasteiger partial charge in [0.05, 0.1) is 20.1 Å². The number of nitrogens with zero attached hydrogens (tertiary/aromatic N) is 1. The molecule has 2 aromatic carbocycles. The molecule has 0 spiro atoms. The van der Waals surface area contributed by atoms with Crippen molar-refractivity contribution >= 4 is 38.9 Å². The molecule has 4 nitrogen and oxygen atoms in total. The zero-order chi connectivity index (χ0) is 14.7. The van der Waals surface area contributed by atoms with Gasteiger partial charge >= 0.3 is 0 Å². The van der Waals surface area contributed by atoms with Crippen molar-refractivity contribution in [1.29, 1.82) is 0 Å². The van der Waals surface area contributed by atoms with Gasteiger partial charge in [-0.1, -0.05) is 17.7 Å². The molecule has 0 fully saturated rings. The molecule has 2 rings (SSSR count). The third-order valence-electron chi connectivity index (χ3n) is 2.63. The Morgan fingerprint density at radius 2 is 2.05 bits per heavy atom. The minimum absolute atomic E-state index is 0.0739. The Bertz CT molecular complexity index is 667. The molecule has 1 N–H and O–H groups in total. The molecule has 0 aliphatic rings. The Balaban J connectivity index is 2.10. The fraction of sp³-hybridized carbons (Fsp3) is 0.0769. The predicted octanol–water partition coefficient (Wildman–Crippen LogP) is 4.76. The first-order chi connectivity index (χ1) is 9.47. The normalized spacial score (nSPS) is 10.3. The van der Waals surface area contributed by atoms with Crippen LogP contribution in [0.5, 0.6) is 0 Å². The van der Waals surface area contributed by atoms with Crippen LogP contribution >= 0.6 is 27.5 Å². The Morgan fingerprint density at radius 3 is 2.65 bits per heavy atom. The van der Waals surface area contributed by atoms with Gasteiger partial charge in [0.25, 0.3) is 5.69 Å². The fourth-order valence-electron chi connectivity index (χ4n) is 1.61. The summed E-state index contributed by atoms with van der Waals surface area (Å²) in [6, 6.07) is 8.93. The van der Waals surface area contributed by atoms with Crippen LogP contribution < -0.4 is 5.32 Å². The first-order valence-electron chi connectivity index (χ1n) is 5.59. The van der Waals surface area contributed by atoms with Crippen molar-refractivity contribution in [3.63, 3.8) is 0 Å². The van der Waals surface area contributed by atoms with Gasteiger partial charge in [0.1, 0.15) is 5.82 Å². The molecule has 0 saturated carbocycles. The Kier molecular flexibility index (Phi) is 4.57. The highest BCUT2D eigenvalue weighted by Gasteiger charge is 2.09. The highest BCUT2D eigenvalue weighted by atomic mass is 79.9. The van der Waals surface area contributed by atoms with Crippen molar-refractivity contribution in [2.45, 2.75) is 6.54 Å². The van der Waals surface area contributed by atoms with E-state index in [-0.39, 0.29) is 16.5 Å². The first-order valence-corrected chi connectivity index (χ1v) is 6.76. The standard InChI is InChI=1S/C13H9BrClFN2O2/c14-10-3-1-8(5-12(10)16)7-17-13-4-2-9(18(19)20)6-11(13)15/h1-6,17H,7H2. The number of rotatable bonds is 4. The van der Waals surface area contributed by atoms with E-state index in [1.165, 1.54) is 24.3 Å². The monoisotopic (exact) mass is 358 g/mol. The summed E-state index contributed by atoms with van der Waals surface area (Å²) in [6.07, 6.45) is 0. The summed E-state index contributed by atoms with van der Waals surface area (Å²) in [6.45, 7) is 0.363. The minimum Gasteiger partial charge on any atom is -0.380 e. The highest BCUT2D eigenvalue weighted by molar-refractivity contribution is 9.10. The van der Waals surface area contributed by atoms with Crippen LogP contribution in [0.4, 0.5) is 15.8 Å². The van der Waals surface area contributed by atoms with Gasteiger partial charge in [0.2, 0.25) is 0 Å². The van der Waals surface area contributed by atoms with Crippen LogP contribution in [0.3, 0.4) is 0 Å². The summed E-state index contributed by atoms with van der Waals surface area (Å²) >= 11 is 9.03. The van der Waals surface area contributed by atoms with E-state index in [4.69, 9.17) is 11.6 Å². The summed E-state index contributed by atoms with van der Waals surface area (Å²) < 4.78 is 13.7. The number of anilines is 1. The zero-order valence-electron chi connectivity index (χ0n) is 10.1. The van der Waals surface area contributed by atoms with Crippen LogP contribution in [-0.4, -0.2) is 4.92 Å². The van der Waals surface area contributed by atoms with Crippen LogP contribution in [-0.2, 0) is 6.54 Å². The topological polar surface area (TPSA) is 55.2 Å². The van der Waals surface area contributed by atoms with E-state index in [1.54, 1.807) is 12.1 Å². The lowest BCUT2D eigenvalue weighted by molar-refractivity contribution is -0.384. The fourth-order valence-corrected chi connectivity index (χ4v) is 2.10. The molecule has 0 radical (unpaired) electrons. The molecule has 0 aliphatic carbocycles. The smallest absolute Gasteiger partial charge is 0.271 e. The summed E-state index contributed by atoms with van der Waals surface area (Å²) in [5.74, 6) is -0.348. The van der Waals surface area contributed by atoms with E-state index in [9.17, 15) is 14.5 Å². The van der Waals surface area contributed by atoms with Gasteiger partial charge in [-0.15, -0.1) is 0 Å². The van der Waals surface area contributed by atoms with Gasteiger partial charge in [-0.25, -0.2) is 4.39 Å². The zero-order valence-corrected chi connectivity index (χ0v) is 12.4. The molecule has 2 aromatic rings. The lowest BCUT2D eigenvalue weighted by atomic mass is 10.2. The van der Waals surface area contributed by atoms with Crippen LogP contribution in [0.15, 0.2) is 40.9 Å². The maximum Gasteiger partial charge on any atom is 0.271 e. The highest BCUT2D eigenvalue weighted by Crippen LogP contribution is 2.27. The maximum atomic E-state index is 13.4. The van der Waals surface area contributed by atoms with Crippen molar-refractivity contribution < 1.29 is 9.31 Å². The second kappa shape index (κ2) is 6.19. The summed E-state index contributed by atoms with van der Waals surface area (Å²) in [4.78, 5) is 10.1. The van der Waals surface area contributed by atoms with E-state index < -0.39 is 4.92 Å². The third-order valence-corrected chi connectivity index (χ3v) is 3.59. The summed E-state index contributed by atoms with van der Waals surface area (Å²) in [5.41, 5.74) is 1.22. The van der Waals surface area contributed by atoms with Gasteiger partial charge in [0, 0.05) is 18.7 Å². The van der Waals surface area contributed by atoms with E-state index in [1.807, 2.05) is 0 Å². The number of nitrogens with one attached hydrogen (secondary N) is 1. The van der Waals surface area contributed by atoms with Crippen molar-refractivity contribution in [3.8, 4) is 0 Å². The van der Waals surface area contributed by atoms with Gasteiger partial charge in [0.15, 0.2) is 0 Å². The van der Waals surface area contributed by atoms with Gasteiger partial charge in [-0.05, 0) is 39.7 Å². The van der Waals surface area contributed by atoms with Gasteiger partial charge in [-0.3, -0.25) is 10.1 Å². The number of hydrogen-bond acceptors (Lipinski definition) is 3. The van der Waals surface area contributed by atoms with Crippen molar-refractivity contribution in [3.05, 3.63) is 67.4 Å². The van der Waals surface area contributed by atoms with Crippen LogP contribution in [0, 0.1) is 15.9 Å². The molecular weight excluding hydrogens is 351 g/mol. The van der Waals surface area contributed by atoms with E-state index in [0.29, 0.717) is 16.7 Å². The van der Waals surface area contributed by atoms with Crippen molar-refractivity contribution in [2.75, 3.05) is 5.32 Å². The largest absolute Gasteiger partial charge is 0.380 e. The molecule has 0 heterocycles. The average Bonchev–Trinajstić information content (AvgIpc) is 2.41. The Labute approximate surface area is 127 Å². The van der Waals surface area contributed by atoms with Crippen molar-refractivity contribution in [2.24, 2.45) is 0 Å². The molecule has 7 heteroatoms. The molecule has 0 bridgehead atoms. The van der Waals surface area contributed by atoms with Gasteiger partial charge in [-0.2, -0.15) is 0 Å². The molecule has 0 unspecified atom stereocenters. The predicted molar refractivity (Wildman–Crippen MR) is 79.5 cm³/mol. The molecule has 0 atom stereocenters. The summed E-state index contributed by atoms with van der Waals surface area (Å²) in [5, 5.41) is 13.8. The lowest BCUT2D eigenvalue weighted by Crippen LogP contribution is -2.01. The van der Waals surface area contributed by atoms with Gasteiger partial charge < -0.3 is 5.32 Å². The molecular formula is C13H9BrClFN2O2. The molecule has 0 amide bonds. The number of non-ortho nitro benzene ring substituents is 1. The molecule has 0 aliphatic heterocycles. The molecule has 104 valence electrons. The third kappa shape index (κ3) is 3.46. The maximum absolute atomic E-state index is 13.4. The number of halogens is 3. The van der Waals surface area contributed by atoms with E-state index in [0.717, 1.165) is 5.56 Å². The Hall–Kier alpha value is -1.66. The first kappa shape index (κ1) is 14.7. The number of nitro benzene ring substituents is 1. The summed E-state index contributed by atoms with van der Waals surface area (Å²) in [7, 11) is 0. The van der Waals surface area contributed by atoms with E-state index >= 15 is 0 Å². The average molecular weight is 360 g/mol. The quantitative estimate of drug-likeness (QED) is 0.632. The SMILES string of the molecule is O=[N+]([O-])c1ccc(NCc2ccc(Br)c(F)c2)c(Cl)c1. The Morgan fingerprint density at radius 1 is 1.30 bits per heavy atom. The van der Waals surface area contributed by atoms with Crippen LogP contribution in [0.1, 0.15) is 5.56 Å². The van der Waals surface area contributed by atoms with Crippen LogP contribution in [0.25, 0.3) is 0 Å². The number of nitro groups is 1. The molecule has 0 saturated heterocycles. The van der Waals surface area contributed by atoms with E-state index in [2.05, 4.69) is 21.2 Å². The number of benzene rings is 2. The second-order valence-electron chi connectivity index (χ2n) is 4.02. The second-order valence-corrected chi connectivity index (χ2v) is 5.28. The number of hydrogen-bond donors (Lipinski definition) is 1. The minimum atomic E-state index is -0.514. The lowest BCUT2D eigenvalue weighted by Gasteiger charge is -2.08. The van der Waals surface area contributed by atoms with Crippen molar-refractivity contribution in [1.82, 2.24) is 0 Å².